The van der Waals surface area contributed by atoms with Crippen molar-refractivity contribution >= 4 is 22.4 Å². The fourth-order valence-electron chi connectivity index (χ4n) is 3.72. The van der Waals surface area contributed by atoms with E-state index in [0.29, 0.717) is 24.5 Å². The van der Waals surface area contributed by atoms with E-state index in [4.69, 9.17) is 13.9 Å². The monoisotopic (exact) mass is 442 g/mol. The van der Waals surface area contributed by atoms with Crippen LogP contribution in [0.1, 0.15) is 25.1 Å². The zero-order valence-electron chi connectivity index (χ0n) is 18.9. The van der Waals surface area contributed by atoms with Crippen molar-refractivity contribution in [3.05, 3.63) is 84.4 Å². The highest BCUT2D eigenvalue weighted by atomic mass is 16.5. The van der Waals surface area contributed by atoms with Crippen LogP contribution >= 0.6 is 0 Å². The van der Waals surface area contributed by atoms with E-state index in [2.05, 4.69) is 10.3 Å². The van der Waals surface area contributed by atoms with Crippen molar-refractivity contribution in [2.75, 3.05) is 13.7 Å². The number of furan rings is 1. The van der Waals surface area contributed by atoms with Crippen molar-refractivity contribution in [1.29, 1.82) is 0 Å². The zero-order chi connectivity index (χ0) is 23.2. The van der Waals surface area contributed by atoms with Gasteiger partial charge in [0, 0.05) is 40.4 Å². The number of allylic oxidation sites excluding steroid dienone is 1. The number of hydrogen-bond donors (Lipinski definition) is 1. The molecule has 0 fully saturated rings. The molecule has 4 rings (SSSR count). The molecule has 0 radical (unpaired) electrons. The number of para-hydroxylation sites is 1. The maximum Gasteiger partial charge on any atom is 0.244 e. The van der Waals surface area contributed by atoms with Crippen molar-refractivity contribution in [2.24, 2.45) is 0 Å². The quantitative estimate of drug-likeness (QED) is 0.359. The molecule has 2 aromatic heterocycles. The van der Waals surface area contributed by atoms with Gasteiger partial charge in [0.15, 0.2) is 0 Å². The Morgan fingerprint density at radius 1 is 1.09 bits per heavy atom. The summed E-state index contributed by atoms with van der Waals surface area (Å²) in [6, 6.07) is 17.3. The minimum atomic E-state index is -0.196. The smallest absolute Gasteiger partial charge is 0.244 e. The molecule has 0 unspecified atom stereocenters. The molecule has 0 aliphatic rings. The SMILES string of the molecule is CCOc1cc2occ(-c3ccccc3OC)c2cc1/C(C)=C/C(=O)NCc1ccccn1. The lowest BCUT2D eigenvalue weighted by Gasteiger charge is -2.12. The van der Waals surface area contributed by atoms with Crippen LogP contribution in [0, 0.1) is 0 Å². The average molecular weight is 443 g/mol. The number of rotatable bonds is 8. The Bertz CT molecular complexity index is 1290. The van der Waals surface area contributed by atoms with E-state index >= 15 is 0 Å². The number of methoxy groups -OCH3 is 1. The minimum Gasteiger partial charge on any atom is -0.496 e. The molecule has 0 bridgehead atoms. The van der Waals surface area contributed by atoms with Gasteiger partial charge in [0.2, 0.25) is 5.91 Å². The normalized spacial score (nSPS) is 11.4. The molecule has 0 saturated heterocycles. The lowest BCUT2D eigenvalue weighted by molar-refractivity contribution is -0.116. The van der Waals surface area contributed by atoms with Gasteiger partial charge in [0.1, 0.15) is 17.1 Å². The summed E-state index contributed by atoms with van der Waals surface area (Å²) < 4.78 is 17.3. The van der Waals surface area contributed by atoms with Crippen LogP contribution in [0.3, 0.4) is 0 Å². The summed E-state index contributed by atoms with van der Waals surface area (Å²) in [5.74, 6) is 1.23. The summed E-state index contributed by atoms with van der Waals surface area (Å²) >= 11 is 0. The molecule has 0 atom stereocenters. The van der Waals surface area contributed by atoms with Gasteiger partial charge in [-0.25, -0.2) is 0 Å². The molecule has 2 aromatic carbocycles. The Hall–Kier alpha value is -4.06. The second-order valence-electron chi connectivity index (χ2n) is 7.49. The first-order valence-electron chi connectivity index (χ1n) is 10.8. The first-order valence-corrected chi connectivity index (χ1v) is 10.8. The first kappa shape index (κ1) is 22.1. The largest absolute Gasteiger partial charge is 0.496 e. The number of nitrogens with one attached hydrogen (secondary N) is 1. The molecule has 0 spiro atoms. The minimum absolute atomic E-state index is 0.196. The van der Waals surface area contributed by atoms with E-state index in [1.165, 1.54) is 0 Å². The molecular weight excluding hydrogens is 416 g/mol. The van der Waals surface area contributed by atoms with Crippen LogP contribution in [0.5, 0.6) is 11.5 Å². The van der Waals surface area contributed by atoms with Gasteiger partial charge in [0.05, 0.1) is 32.2 Å². The highest BCUT2D eigenvalue weighted by Gasteiger charge is 2.17. The molecule has 0 aliphatic carbocycles. The van der Waals surface area contributed by atoms with E-state index in [0.717, 1.165) is 39.1 Å². The molecule has 2 heterocycles. The second-order valence-corrected chi connectivity index (χ2v) is 7.49. The van der Waals surface area contributed by atoms with Gasteiger partial charge in [-0.1, -0.05) is 24.3 Å². The van der Waals surface area contributed by atoms with Crippen LogP contribution in [-0.2, 0) is 11.3 Å². The number of amides is 1. The summed E-state index contributed by atoms with van der Waals surface area (Å²) in [5.41, 5.74) is 4.97. The molecule has 4 aromatic rings. The fraction of sp³-hybridized carbons (Fsp3) is 0.185. The van der Waals surface area contributed by atoms with E-state index in [9.17, 15) is 4.79 Å². The average Bonchev–Trinajstić information content (AvgIpc) is 3.25. The number of benzene rings is 2. The molecular formula is C27H26N2O4. The zero-order valence-corrected chi connectivity index (χ0v) is 18.9. The van der Waals surface area contributed by atoms with Crippen molar-refractivity contribution in [2.45, 2.75) is 20.4 Å². The number of ether oxygens (including phenoxy) is 2. The van der Waals surface area contributed by atoms with Crippen LogP contribution in [0.15, 0.2) is 77.6 Å². The predicted molar refractivity (Wildman–Crippen MR) is 129 cm³/mol. The number of carbonyl (C=O) groups excluding carboxylic acids is 1. The second kappa shape index (κ2) is 10.0. The highest BCUT2D eigenvalue weighted by Crippen LogP contribution is 2.40. The van der Waals surface area contributed by atoms with Crippen molar-refractivity contribution in [3.63, 3.8) is 0 Å². The summed E-state index contributed by atoms with van der Waals surface area (Å²) in [4.78, 5) is 16.8. The summed E-state index contributed by atoms with van der Waals surface area (Å²) in [7, 11) is 1.65. The predicted octanol–water partition coefficient (Wildman–Crippen LogP) is 5.62. The van der Waals surface area contributed by atoms with Gasteiger partial charge >= 0.3 is 0 Å². The third kappa shape index (κ3) is 4.90. The Balaban J connectivity index is 1.69. The third-order valence-electron chi connectivity index (χ3n) is 5.32. The van der Waals surface area contributed by atoms with E-state index in [-0.39, 0.29) is 5.91 Å². The maximum atomic E-state index is 12.6. The lowest BCUT2D eigenvalue weighted by Crippen LogP contribution is -2.21. The van der Waals surface area contributed by atoms with Crippen molar-refractivity contribution in [1.82, 2.24) is 10.3 Å². The van der Waals surface area contributed by atoms with Crippen LogP contribution in [0.4, 0.5) is 0 Å². The Morgan fingerprint density at radius 3 is 2.67 bits per heavy atom. The number of carbonyl (C=O) groups is 1. The molecule has 0 saturated carbocycles. The molecule has 1 N–H and O–H groups in total. The van der Waals surface area contributed by atoms with Crippen LogP contribution in [-0.4, -0.2) is 24.6 Å². The summed E-state index contributed by atoms with van der Waals surface area (Å²) in [6.45, 7) is 4.68. The Labute approximate surface area is 192 Å². The van der Waals surface area contributed by atoms with E-state index in [1.807, 2.05) is 68.4 Å². The molecule has 1 amide bonds. The van der Waals surface area contributed by atoms with Gasteiger partial charge in [-0.3, -0.25) is 9.78 Å². The van der Waals surface area contributed by atoms with Crippen molar-refractivity contribution in [3.8, 4) is 22.6 Å². The number of hydrogen-bond acceptors (Lipinski definition) is 5. The van der Waals surface area contributed by atoms with E-state index < -0.39 is 0 Å². The Morgan fingerprint density at radius 2 is 1.91 bits per heavy atom. The topological polar surface area (TPSA) is 73.6 Å². The maximum absolute atomic E-state index is 12.6. The van der Waals surface area contributed by atoms with Crippen LogP contribution in [0.25, 0.3) is 27.7 Å². The number of nitrogens with zero attached hydrogens (tertiary/aromatic N) is 1. The van der Waals surface area contributed by atoms with Gasteiger partial charge in [-0.15, -0.1) is 0 Å². The first-order chi connectivity index (χ1) is 16.1. The molecule has 6 nitrogen and oxygen atoms in total. The summed E-state index contributed by atoms with van der Waals surface area (Å²) in [6.07, 6.45) is 5.01. The lowest BCUT2D eigenvalue weighted by atomic mass is 9.98. The highest BCUT2D eigenvalue weighted by molar-refractivity contribution is 6.01. The van der Waals surface area contributed by atoms with Gasteiger partial charge in [0.25, 0.3) is 0 Å². The molecule has 33 heavy (non-hydrogen) atoms. The van der Waals surface area contributed by atoms with E-state index in [1.54, 1.807) is 25.6 Å². The Kier molecular flexibility index (Phi) is 6.74. The fourth-order valence-corrected chi connectivity index (χ4v) is 3.72. The standard InChI is InChI=1S/C27H26N2O4/c1-4-32-25-15-26-22(23(17-33-26)20-10-5-6-11-24(20)31-3)14-21(25)18(2)13-27(30)29-16-19-9-7-8-12-28-19/h5-15,17H,4,16H2,1-3H3,(H,29,30)/b18-13+. The van der Waals surface area contributed by atoms with Gasteiger partial charge < -0.3 is 19.2 Å². The van der Waals surface area contributed by atoms with Crippen LogP contribution < -0.4 is 14.8 Å². The molecule has 168 valence electrons. The third-order valence-corrected chi connectivity index (χ3v) is 5.32. The molecule has 0 aliphatic heterocycles. The number of fused-ring (bicyclic) bond motifs is 1. The van der Waals surface area contributed by atoms with Gasteiger partial charge in [-0.2, -0.15) is 0 Å². The van der Waals surface area contributed by atoms with Gasteiger partial charge in [-0.05, 0) is 43.7 Å². The number of aromatic nitrogens is 1. The van der Waals surface area contributed by atoms with Crippen LogP contribution in [0.2, 0.25) is 0 Å². The number of pyridine rings is 1. The molecule has 6 heteroatoms. The summed E-state index contributed by atoms with van der Waals surface area (Å²) in [5, 5.41) is 3.80. The van der Waals surface area contributed by atoms with Crippen molar-refractivity contribution < 1.29 is 18.7 Å².